The number of benzene rings is 8. The second-order valence-electron chi connectivity index (χ2n) is 17.1. The maximum absolute atomic E-state index is 9.62. The fraction of sp³-hybridized carbons (Fsp3) is 0.107. The Bertz CT molecular complexity index is 2930. The molecule has 0 aromatic heterocycles. The van der Waals surface area contributed by atoms with Crippen LogP contribution in [0.1, 0.15) is 44.5 Å². The molecular weight excluding hydrogens is 736 g/mol. The zero-order valence-corrected chi connectivity index (χ0v) is 35.4. The third-order valence-corrected chi connectivity index (χ3v) is 13.0. The summed E-state index contributed by atoms with van der Waals surface area (Å²) in [5, 5.41) is 19.2. The number of hydrogen-bond donors (Lipinski definition) is 0. The van der Waals surface area contributed by atoms with Crippen molar-refractivity contribution in [1.82, 2.24) is 0 Å². The lowest BCUT2D eigenvalue weighted by atomic mass is 9.29. The quantitative estimate of drug-likeness (QED) is 0.164. The summed E-state index contributed by atoms with van der Waals surface area (Å²) in [6.45, 7) is 13.4. The predicted octanol–water partition coefficient (Wildman–Crippen LogP) is 9.41. The van der Waals surface area contributed by atoms with Gasteiger partial charge in [0.2, 0.25) is 13.4 Å². The smallest absolute Gasteiger partial charge is 0.247 e. The van der Waals surface area contributed by atoms with Crippen LogP contribution in [0.2, 0.25) is 0 Å². The maximum Gasteiger partial charge on any atom is 0.247 e. The van der Waals surface area contributed by atoms with Crippen LogP contribution in [-0.2, 0) is 0 Å². The molecule has 0 unspecified atom stereocenters. The van der Waals surface area contributed by atoms with Crippen LogP contribution in [0, 0.1) is 64.2 Å². The first-order valence-electron chi connectivity index (χ1n) is 21.1. The summed E-state index contributed by atoms with van der Waals surface area (Å²) in [5.74, 6) is 0. The van der Waals surface area contributed by atoms with Crippen molar-refractivity contribution in [2.45, 2.75) is 41.5 Å². The van der Waals surface area contributed by atoms with Gasteiger partial charge in [0.1, 0.15) is 0 Å². The van der Waals surface area contributed by atoms with E-state index in [9.17, 15) is 10.5 Å². The van der Waals surface area contributed by atoms with Gasteiger partial charge in [-0.25, -0.2) is 0 Å². The Morgan fingerprint density at radius 3 is 1.13 bits per heavy atom. The number of hydrogen-bond acceptors (Lipinski definition) is 3. The number of rotatable bonds is 5. The van der Waals surface area contributed by atoms with Crippen LogP contribution in [-0.4, -0.2) is 13.4 Å². The molecule has 0 saturated heterocycles. The van der Waals surface area contributed by atoms with E-state index < -0.39 is 0 Å². The lowest BCUT2D eigenvalue weighted by Crippen LogP contribution is -2.66. The highest BCUT2D eigenvalue weighted by molar-refractivity contribution is 7.02. The van der Waals surface area contributed by atoms with Gasteiger partial charge in [0.25, 0.3) is 0 Å². The number of aryl methyl sites for hydroxylation is 6. The average Bonchev–Trinajstić information content (AvgIpc) is 3.27. The molecule has 0 fully saturated rings. The molecule has 0 saturated carbocycles. The van der Waals surface area contributed by atoms with Crippen molar-refractivity contribution < 1.29 is 0 Å². The maximum atomic E-state index is 9.62. The predicted molar refractivity (Wildman–Crippen MR) is 257 cm³/mol. The van der Waals surface area contributed by atoms with Gasteiger partial charge in [-0.3, -0.25) is 0 Å². The van der Waals surface area contributed by atoms with Gasteiger partial charge in [0.05, 0.1) is 23.3 Å². The second-order valence-corrected chi connectivity index (χ2v) is 17.1. The van der Waals surface area contributed by atoms with E-state index in [0.717, 1.165) is 22.3 Å². The average molecular weight is 780 g/mol. The van der Waals surface area contributed by atoms with Crippen LogP contribution in [0.4, 0.5) is 17.1 Å². The fourth-order valence-electron chi connectivity index (χ4n) is 10.6. The van der Waals surface area contributed by atoms with Crippen LogP contribution < -0.4 is 37.7 Å². The van der Waals surface area contributed by atoms with Crippen LogP contribution in [0.25, 0.3) is 33.4 Å². The molecule has 8 aromatic rings. The molecule has 0 bridgehead atoms. The first-order chi connectivity index (χ1) is 29.6. The lowest BCUT2D eigenvalue weighted by Gasteiger charge is -2.45. The summed E-state index contributed by atoms with van der Waals surface area (Å²) in [6, 6.07) is 59.6. The molecule has 0 atom stereocenters. The molecule has 0 spiro atoms. The monoisotopic (exact) mass is 779 g/mol. The number of nitrogens with zero attached hydrogens (tertiary/aromatic N) is 3. The number of nitriles is 2. The standard InChI is InChI=1S/C56H43B2N3/c1-34-24-36(3)54(37(4)25-34)57-48-28-45(43-16-12-40(32-59)13-17-43)20-22-52(48)61-53-23-21-46(44-18-14-41(33-60)15-19-44)29-49(53)58(55-38(5)26-35(2)27-39(55)6)51-31-47(30-50(57)56(51)61)42-10-8-7-9-11-42/h7-31H,1-6H3. The molecule has 10 rings (SSSR count). The van der Waals surface area contributed by atoms with Crippen LogP contribution in [0.3, 0.4) is 0 Å². The number of fused-ring (bicyclic) bond motifs is 4. The Labute approximate surface area is 360 Å². The molecule has 0 radical (unpaired) electrons. The summed E-state index contributed by atoms with van der Waals surface area (Å²) in [6.07, 6.45) is 0. The molecule has 3 nitrogen and oxygen atoms in total. The van der Waals surface area contributed by atoms with Crippen molar-refractivity contribution in [3.63, 3.8) is 0 Å². The molecule has 2 aliphatic heterocycles. The summed E-state index contributed by atoms with van der Waals surface area (Å²) >= 11 is 0. The summed E-state index contributed by atoms with van der Waals surface area (Å²) in [4.78, 5) is 2.56. The molecule has 5 heteroatoms. The molecular formula is C56H43B2N3. The third-order valence-electron chi connectivity index (χ3n) is 13.0. The molecule has 0 amide bonds. The lowest BCUT2D eigenvalue weighted by molar-refractivity contribution is 1.29. The number of anilines is 3. The Hall–Kier alpha value is -7.33. The van der Waals surface area contributed by atoms with Gasteiger partial charge in [-0.1, -0.05) is 160 Å². The highest BCUT2D eigenvalue weighted by Crippen LogP contribution is 2.41. The van der Waals surface area contributed by atoms with Crippen molar-refractivity contribution in [2.24, 2.45) is 0 Å². The SMILES string of the molecule is Cc1cc(C)c(B2c3cc(-c4ccc(C#N)cc4)ccc3N3c4ccc(-c5ccc(C#N)cc5)cc4B(c4c(C)cc(C)cc4C)c4cc(-c5ccccc5)cc2c43)c(C)c1. The zero-order chi connectivity index (χ0) is 42.1. The zero-order valence-electron chi connectivity index (χ0n) is 35.4. The molecule has 0 N–H and O–H groups in total. The Kier molecular flexibility index (Phi) is 9.16. The van der Waals surface area contributed by atoms with Crippen molar-refractivity contribution in [3.05, 3.63) is 196 Å². The van der Waals surface area contributed by atoms with Crippen molar-refractivity contribution >= 4 is 63.3 Å². The van der Waals surface area contributed by atoms with E-state index in [0.29, 0.717) is 11.1 Å². The highest BCUT2D eigenvalue weighted by Gasteiger charge is 2.45. The van der Waals surface area contributed by atoms with Crippen LogP contribution >= 0.6 is 0 Å². The summed E-state index contributed by atoms with van der Waals surface area (Å²) in [7, 11) is 0. The van der Waals surface area contributed by atoms with Gasteiger partial charge in [-0.05, 0) is 133 Å². The van der Waals surface area contributed by atoms with E-state index in [1.165, 1.54) is 94.3 Å². The first kappa shape index (κ1) is 37.9. The largest absolute Gasteiger partial charge is 0.313 e. The van der Waals surface area contributed by atoms with E-state index in [-0.39, 0.29) is 13.4 Å². The van der Waals surface area contributed by atoms with Crippen molar-refractivity contribution in [2.75, 3.05) is 4.90 Å². The molecule has 2 aliphatic rings. The van der Waals surface area contributed by atoms with Gasteiger partial charge in [-0.2, -0.15) is 10.5 Å². The van der Waals surface area contributed by atoms with E-state index in [1.807, 2.05) is 24.3 Å². The minimum absolute atomic E-state index is 0.0528. The molecule has 2 heterocycles. The Morgan fingerprint density at radius 1 is 0.377 bits per heavy atom. The van der Waals surface area contributed by atoms with E-state index in [2.05, 4.69) is 186 Å². The minimum atomic E-state index is -0.0528. The topological polar surface area (TPSA) is 50.8 Å². The van der Waals surface area contributed by atoms with E-state index >= 15 is 0 Å². The second kappa shape index (κ2) is 14.7. The fourth-order valence-corrected chi connectivity index (χ4v) is 10.6. The molecule has 288 valence electrons. The summed E-state index contributed by atoms with van der Waals surface area (Å²) in [5.41, 5.74) is 27.2. The minimum Gasteiger partial charge on any atom is -0.313 e. The molecule has 8 aromatic carbocycles. The van der Waals surface area contributed by atoms with Crippen molar-refractivity contribution in [1.29, 1.82) is 10.5 Å². The van der Waals surface area contributed by atoms with E-state index in [4.69, 9.17) is 0 Å². The molecule has 0 aliphatic carbocycles. The van der Waals surface area contributed by atoms with Crippen LogP contribution in [0.5, 0.6) is 0 Å². The Balaban J connectivity index is 1.34. The first-order valence-corrected chi connectivity index (χ1v) is 21.1. The summed E-state index contributed by atoms with van der Waals surface area (Å²) < 4.78 is 0. The normalized spacial score (nSPS) is 12.3. The third kappa shape index (κ3) is 6.29. The van der Waals surface area contributed by atoms with Crippen molar-refractivity contribution in [3.8, 4) is 45.5 Å². The molecule has 61 heavy (non-hydrogen) atoms. The van der Waals surface area contributed by atoms with Gasteiger partial charge < -0.3 is 4.90 Å². The Morgan fingerprint density at radius 2 is 0.738 bits per heavy atom. The van der Waals surface area contributed by atoms with Gasteiger partial charge in [0, 0.05) is 17.1 Å². The van der Waals surface area contributed by atoms with Gasteiger partial charge in [-0.15, -0.1) is 0 Å². The van der Waals surface area contributed by atoms with E-state index in [1.54, 1.807) is 0 Å². The van der Waals surface area contributed by atoms with Gasteiger partial charge >= 0.3 is 0 Å². The van der Waals surface area contributed by atoms with Gasteiger partial charge in [0.15, 0.2) is 0 Å². The van der Waals surface area contributed by atoms with Crippen LogP contribution in [0.15, 0.2) is 152 Å². The highest BCUT2D eigenvalue weighted by atomic mass is 15.2.